The standard InChI is InChI=1S/C15H25N3O/c1-16-6-8-17(9-7-16)10-11-18-5-4-14(12-18)15(19)13-2-3-13/h4-5,12-13,15,19H,2-3,6-11H2,1H3. The summed E-state index contributed by atoms with van der Waals surface area (Å²) in [6.45, 7) is 6.85. The van der Waals surface area contributed by atoms with E-state index >= 15 is 0 Å². The van der Waals surface area contributed by atoms with Gasteiger partial charge < -0.3 is 14.6 Å². The number of piperazine rings is 1. The van der Waals surface area contributed by atoms with Crippen LogP contribution in [0.15, 0.2) is 18.5 Å². The smallest absolute Gasteiger partial charge is 0.0832 e. The van der Waals surface area contributed by atoms with Gasteiger partial charge in [0.2, 0.25) is 0 Å². The average molecular weight is 263 g/mol. The van der Waals surface area contributed by atoms with Gasteiger partial charge in [-0.05, 0) is 37.4 Å². The molecule has 1 aliphatic carbocycles. The van der Waals surface area contributed by atoms with Gasteiger partial charge in [-0.25, -0.2) is 0 Å². The molecule has 1 aromatic heterocycles. The van der Waals surface area contributed by atoms with E-state index in [1.807, 2.05) is 0 Å². The van der Waals surface area contributed by atoms with Gasteiger partial charge in [-0.15, -0.1) is 0 Å². The topological polar surface area (TPSA) is 31.6 Å². The minimum Gasteiger partial charge on any atom is -0.388 e. The molecule has 1 atom stereocenters. The zero-order valence-corrected chi connectivity index (χ0v) is 11.8. The predicted octanol–water partition coefficient (Wildman–Crippen LogP) is 1.18. The lowest BCUT2D eigenvalue weighted by molar-refractivity contribution is 0.149. The monoisotopic (exact) mass is 263 g/mol. The molecule has 0 bridgehead atoms. The zero-order chi connectivity index (χ0) is 13.2. The van der Waals surface area contributed by atoms with Crippen LogP contribution >= 0.6 is 0 Å². The van der Waals surface area contributed by atoms with Crippen LogP contribution in [0.4, 0.5) is 0 Å². The van der Waals surface area contributed by atoms with E-state index < -0.39 is 0 Å². The van der Waals surface area contributed by atoms with Gasteiger partial charge in [0, 0.05) is 51.7 Å². The maximum Gasteiger partial charge on any atom is 0.0832 e. The van der Waals surface area contributed by atoms with Gasteiger partial charge >= 0.3 is 0 Å². The molecule has 4 nitrogen and oxygen atoms in total. The highest BCUT2D eigenvalue weighted by molar-refractivity contribution is 5.16. The van der Waals surface area contributed by atoms with E-state index in [-0.39, 0.29) is 6.10 Å². The molecule has 2 fully saturated rings. The summed E-state index contributed by atoms with van der Waals surface area (Å²) in [6.07, 6.45) is 6.38. The van der Waals surface area contributed by atoms with E-state index in [0.717, 1.165) is 18.7 Å². The molecule has 1 N–H and O–H groups in total. The number of aliphatic hydroxyl groups is 1. The van der Waals surface area contributed by atoms with Gasteiger partial charge in [0.1, 0.15) is 0 Å². The number of aliphatic hydroxyl groups excluding tert-OH is 1. The molecule has 19 heavy (non-hydrogen) atoms. The molecule has 2 heterocycles. The van der Waals surface area contributed by atoms with Gasteiger partial charge in [0.25, 0.3) is 0 Å². The van der Waals surface area contributed by atoms with E-state index in [1.165, 1.54) is 39.0 Å². The summed E-state index contributed by atoms with van der Waals surface area (Å²) in [4.78, 5) is 4.91. The highest BCUT2D eigenvalue weighted by Gasteiger charge is 2.31. The lowest BCUT2D eigenvalue weighted by atomic mass is 10.1. The van der Waals surface area contributed by atoms with Crippen LogP contribution in [0, 0.1) is 5.92 Å². The highest BCUT2D eigenvalue weighted by atomic mass is 16.3. The van der Waals surface area contributed by atoms with Crippen LogP contribution in [0.3, 0.4) is 0 Å². The van der Waals surface area contributed by atoms with E-state index in [1.54, 1.807) is 0 Å². The summed E-state index contributed by atoms with van der Waals surface area (Å²) in [6, 6.07) is 2.08. The van der Waals surface area contributed by atoms with E-state index in [0.29, 0.717) is 5.92 Å². The summed E-state index contributed by atoms with van der Waals surface area (Å²) < 4.78 is 2.22. The molecule has 1 aromatic rings. The fraction of sp³-hybridized carbons (Fsp3) is 0.733. The normalized spacial score (nSPS) is 23.7. The van der Waals surface area contributed by atoms with Crippen molar-refractivity contribution in [2.24, 2.45) is 5.92 Å². The Balaban J connectivity index is 1.47. The summed E-state index contributed by atoms with van der Waals surface area (Å²) in [5.41, 5.74) is 1.10. The summed E-state index contributed by atoms with van der Waals surface area (Å²) in [5.74, 6) is 0.522. The molecule has 1 aliphatic heterocycles. The van der Waals surface area contributed by atoms with Crippen LogP contribution in [-0.4, -0.2) is 59.2 Å². The molecule has 1 saturated heterocycles. The Morgan fingerprint density at radius 2 is 1.95 bits per heavy atom. The second-order valence-electron chi connectivity index (χ2n) is 6.11. The highest BCUT2D eigenvalue weighted by Crippen LogP contribution is 2.40. The minimum absolute atomic E-state index is 0.232. The van der Waals surface area contributed by atoms with Crippen LogP contribution in [0.2, 0.25) is 0 Å². The Labute approximate surface area is 115 Å². The molecule has 106 valence electrons. The van der Waals surface area contributed by atoms with Crippen LogP contribution in [0.5, 0.6) is 0 Å². The van der Waals surface area contributed by atoms with Crippen molar-refractivity contribution in [3.8, 4) is 0 Å². The first kappa shape index (κ1) is 13.2. The Bertz CT molecular complexity index is 405. The molecule has 0 spiro atoms. The van der Waals surface area contributed by atoms with Crippen molar-refractivity contribution < 1.29 is 5.11 Å². The largest absolute Gasteiger partial charge is 0.388 e. The van der Waals surface area contributed by atoms with E-state index in [2.05, 4.69) is 39.9 Å². The SMILES string of the molecule is CN1CCN(CCn2ccc(C(O)C3CC3)c2)CC1. The number of aromatic nitrogens is 1. The van der Waals surface area contributed by atoms with Crippen molar-refractivity contribution in [3.63, 3.8) is 0 Å². The van der Waals surface area contributed by atoms with Gasteiger partial charge in [0.05, 0.1) is 6.10 Å². The molecule has 4 heteroatoms. The third kappa shape index (κ3) is 3.38. The summed E-state index contributed by atoms with van der Waals surface area (Å²) in [5, 5.41) is 10.1. The van der Waals surface area contributed by atoms with Crippen molar-refractivity contribution in [1.82, 2.24) is 14.4 Å². The predicted molar refractivity (Wildman–Crippen MR) is 76.1 cm³/mol. The second kappa shape index (κ2) is 5.65. The molecule has 3 rings (SSSR count). The van der Waals surface area contributed by atoms with Crippen molar-refractivity contribution in [2.45, 2.75) is 25.5 Å². The number of hydrogen-bond acceptors (Lipinski definition) is 3. The number of hydrogen-bond donors (Lipinski definition) is 1. The molecular formula is C15H25N3O. The fourth-order valence-electron chi connectivity index (χ4n) is 2.79. The maximum absolute atomic E-state index is 10.1. The van der Waals surface area contributed by atoms with Crippen molar-refractivity contribution in [1.29, 1.82) is 0 Å². The quantitative estimate of drug-likeness (QED) is 0.865. The van der Waals surface area contributed by atoms with Gasteiger partial charge in [-0.2, -0.15) is 0 Å². The minimum atomic E-state index is -0.232. The lowest BCUT2D eigenvalue weighted by Crippen LogP contribution is -2.45. The molecular weight excluding hydrogens is 238 g/mol. The molecule has 0 aromatic carbocycles. The summed E-state index contributed by atoms with van der Waals surface area (Å²) >= 11 is 0. The number of nitrogens with zero attached hydrogens (tertiary/aromatic N) is 3. The molecule has 2 aliphatic rings. The molecule has 1 saturated carbocycles. The van der Waals surface area contributed by atoms with Gasteiger partial charge in [-0.1, -0.05) is 0 Å². The number of likely N-dealkylation sites (N-methyl/N-ethyl adjacent to an activating group) is 1. The van der Waals surface area contributed by atoms with Crippen LogP contribution in [0.25, 0.3) is 0 Å². The van der Waals surface area contributed by atoms with E-state index in [9.17, 15) is 5.11 Å². The second-order valence-corrected chi connectivity index (χ2v) is 6.11. The maximum atomic E-state index is 10.1. The van der Waals surface area contributed by atoms with Crippen molar-refractivity contribution in [2.75, 3.05) is 39.8 Å². The average Bonchev–Trinajstić information content (AvgIpc) is 3.16. The van der Waals surface area contributed by atoms with Crippen LogP contribution in [-0.2, 0) is 6.54 Å². The Hall–Kier alpha value is -0.840. The number of rotatable bonds is 5. The molecule has 0 radical (unpaired) electrons. The molecule has 1 unspecified atom stereocenters. The lowest BCUT2D eigenvalue weighted by Gasteiger charge is -2.32. The van der Waals surface area contributed by atoms with Crippen LogP contribution in [0.1, 0.15) is 24.5 Å². The zero-order valence-electron chi connectivity index (χ0n) is 11.8. The van der Waals surface area contributed by atoms with Crippen molar-refractivity contribution in [3.05, 3.63) is 24.0 Å². The third-order valence-corrected chi connectivity index (χ3v) is 4.45. The Morgan fingerprint density at radius 3 is 2.63 bits per heavy atom. The molecule has 0 amide bonds. The first-order valence-electron chi connectivity index (χ1n) is 7.47. The first-order valence-corrected chi connectivity index (χ1v) is 7.47. The van der Waals surface area contributed by atoms with Crippen LogP contribution < -0.4 is 0 Å². The fourth-order valence-corrected chi connectivity index (χ4v) is 2.79. The Kier molecular flexibility index (Phi) is 3.91. The third-order valence-electron chi connectivity index (χ3n) is 4.45. The van der Waals surface area contributed by atoms with E-state index in [4.69, 9.17) is 0 Å². The Morgan fingerprint density at radius 1 is 1.21 bits per heavy atom. The van der Waals surface area contributed by atoms with Gasteiger partial charge in [-0.3, -0.25) is 4.90 Å². The van der Waals surface area contributed by atoms with Gasteiger partial charge in [0.15, 0.2) is 0 Å². The first-order chi connectivity index (χ1) is 9.22. The summed E-state index contributed by atoms with van der Waals surface area (Å²) in [7, 11) is 2.19. The van der Waals surface area contributed by atoms with Crippen molar-refractivity contribution >= 4 is 0 Å².